The van der Waals surface area contributed by atoms with Gasteiger partial charge in [0.25, 0.3) is 0 Å². The minimum Gasteiger partial charge on any atom is -0.507 e. The third-order valence-electron chi connectivity index (χ3n) is 5.47. The summed E-state index contributed by atoms with van der Waals surface area (Å²) >= 11 is 0. The van der Waals surface area contributed by atoms with E-state index in [2.05, 4.69) is 68.4 Å². The second-order valence-corrected chi connectivity index (χ2v) is 7.31. The minimum atomic E-state index is 0.508. The quantitative estimate of drug-likeness (QED) is 0.437. The van der Waals surface area contributed by atoms with Gasteiger partial charge in [0.2, 0.25) is 0 Å². The molecule has 0 bridgehead atoms. The summed E-state index contributed by atoms with van der Waals surface area (Å²) in [5.41, 5.74) is 10.3. The van der Waals surface area contributed by atoms with Crippen molar-refractivity contribution < 1.29 is 5.11 Å². The van der Waals surface area contributed by atoms with Crippen LogP contribution < -0.4 is 0 Å². The number of phenols is 1. The molecule has 26 heavy (non-hydrogen) atoms. The first-order chi connectivity index (χ1) is 12.7. The topological polar surface area (TPSA) is 20.2 Å². The van der Waals surface area contributed by atoms with Crippen LogP contribution in [-0.2, 0) is 19.3 Å². The normalized spacial score (nSPS) is 12.1. The van der Waals surface area contributed by atoms with Gasteiger partial charge >= 0.3 is 0 Å². The van der Waals surface area contributed by atoms with Crippen LogP contribution in [-0.4, -0.2) is 5.11 Å². The third kappa shape index (κ3) is 2.82. The molecule has 0 saturated carbocycles. The van der Waals surface area contributed by atoms with E-state index in [1.54, 1.807) is 0 Å². The first-order valence-electron chi connectivity index (χ1n) is 9.78. The van der Waals surface area contributed by atoms with E-state index < -0.39 is 0 Å². The van der Waals surface area contributed by atoms with E-state index in [-0.39, 0.29) is 0 Å². The summed E-state index contributed by atoms with van der Waals surface area (Å²) < 4.78 is 0. The van der Waals surface area contributed by atoms with Gasteiger partial charge in [-0.3, -0.25) is 0 Å². The standard InChI is InChI=1S/C25H26O/c1-3-8-18-14-20(15-19(9-4-2)25(18)26)22-12-7-13-23-21-11-6-5-10-17(21)16-24(22)23/h5-7,10-15,26H,3-4,8-9,16H2,1-2H3. The van der Waals surface area contributed by atoms with Crippen molar-refractivity contribution in [1.29, 1.82) is 0 Å². The molecule has 3 aromatic rings. The van der Waals surface area contributed by atoms with Crippen molar-refractivity contribution in [2.45, 2.75) is 46.0 Å². The van der Waals surface area contributed by atoms with Gasteiger partial charge in [0.1, 0.15) is 5.75 Å². The first-order valence-corrected chi connectivity index (χ1v) is 9.78. The van der Waals surface area contributed by atoms with Crippen LogP contribution in [0.4, 0.5) is 0 Å². The lowest BCUT2D eigenvalue weighted by Gasteiger charge is -2.15. The van der Waals surface area contributed by atoms with Gasteiger partial charge in [-0.15, -0.1) is 0 Å². The highest BCUT2D eigenvalue weighted by atomic mass is 16.3. The molecular formula is C25H26O. The van der Waals surface area contributed by atoms with Crippen LogP contribution in [0.1, 0.15) is 48.9 Å². The maximum atomic E-state index is 10.7. The Bertz CT molecular complexity index is 925. The Kier molecular flexibility index (Phi) is 4.55. The zero-order valence-electron chi connectivity index (χ0n) is 15.7. The second-order valence-electron chi connectivity index (χ2n) is 7.31. The van der Waals surface area contributed by atoms with Crippen LogP contribution in [0.25, 0.3) is 22.3 Å². The summed E-state index contributed by atoms with van der Waals surface area (Å²) in [6.45, 7) is 4.34. The first kappa shape index (κ1) is 16.9. The van der Waals surface area contributed by atoms with Gasteiger partial charge in [-0.25, -0.2) is 0 Å². The maximum absolute atomic E-state index is 10.7. The average Bonchev–Trinajstić information content (AvgIpc) is 3.04. The highest BCUT2D eigenvalue weighted by Crippen LogP contribution is 2.42. The number of hydrogen-bond donors (Lipinski definition) is 1. The number of aryl methyl sites for hydroxylation is 2. The van der Waals surface area contributed by atoms with Gasteiger partial charge in [0.05, 0.1) is 0 Å². The zero-order valence-corrected chi connectivity index (χ0v) is 15.7. The van der Waals surface area contributed by atoms with E-state index in [4.69, 9.17) is 0 Å². The predicted molar refractivity (Wildman–Crippen MR) is 110 cm³/mol. The van der Waals surface area contributed by atoms with E-state index in [1.165, 1.54) is 33.4 Å². The molecule has 1 aliphatic rings. The van der Waals surface area contributed by atoms with Gasteiger partial charge in [-0.1, -0.05) is 69.2 Å². The SMILES string of the molecule is CCCc1cc(-c2cccc3c2Cc2ccccc2-3)cc(CCC)c1O. The number of benzene rings is 3. The summed E-state index contributed by atoms with van der Waals surface area (Å²) in [6.07, 6.45) is 4.92. The fraction of sp³-hybridized carbons (Fsp3) is 0.280. The molecule has 3 aromatic carbocycles. The van der Waals surface area contributed by atoms with Gasteiger partial charge < -0.3 is 5.11 Å². The molecule has 0 aliphatic heterocycles. The second kappa shape index (κ2) is 6.99. The predicted octanol–water partition coefficient (Wildman–Crippen LogP) is 6.54. The van der Waals surface area contributed by atoms with Crippen LogP contribution in [0.2, 0.25) is 0 Å². The van der Waals surface area contributed by atoms with E-state index in [9.17, 15) is 5.11 Å². The molecule has 1 heteroatoms. The Morgan fingerprint density at radius 3 is 2.08 bits per heavy atom. The molecule has 0 atom stereocenters. The highest BCUT2D eigenvalue weighted by molar-refractivity contribution is 5.85. The molecule has 0 fully saturated rings. The molecule has 132 valence electrons. The lowest BCUT2D eigenvalue weighted by molar-refractivity contribution is 0.460. The number of aromatic hydroxyl groups is 1. The Balaban J connectivity index is 1.87. The average molecular weight is 342 g/mol. The lowest BCUT2D eigenvalue weighted by Crippen LogP contribution is -1.95. The van der Waals surface area contributed by atoms with Gasteiger partial charge in [-0.05, 0) is 75.9 Å². The summed E-state index contributed by atoms with van der Waals surface area (Å²) in [6, 6.07) is 19.8. The number of rotatable bonds is 5. The highest BCUT2D eigenvalue weighted by Gasteiger charge is 2.21. The van der Waals surface area contributed by atoms with Crippen molar-refractivity contribution in [3.8, 4) is 28.0 Å². The molecule has 1 N–H and O–H groups in total. The molecule has 0 aromatic heterocycles. The third-order valence-corrected chi connectivity index (χ3v) is 5.47. The fourth-order valence-corrected chi connectivity index (χ4v) is 4.26. The van der Waals surface area contributed by atoms with Crippen LogP contribution in [0.5, 0.6) is 5.75 Å². The van der Waals surface area contributed by atoms with Crippen LogP contribution in [0.15, 0.2) is 54.6 Å². The molecule has 0 unspecified atom stereocenters. The number of phenolic OH excluding ortho intramolecular Hbond substituents is 1. The summed E-state index contributed by atoms with van der Waals surface area (Å²) in [5, 5.41) is 10.7. The van der Waals surface area contributed by atoms with Crippen LogP contribution >= 0.6 is 0 Å². The maximum Gasteiger partial charge on any atom is 0.121 e. The van der Waals surface area contributed by atoms with Crippen molar-refractivity contribution in [1.82, 2.24) is 0 Å². The summed E-state index contributed by atoms with van der Waals surface area (Å²) in [4.78, 5) is 0. The molecule has 0 saturated heterocycles. The largest absolute Gasteiger partial charge is 0.507 e. The molecule has 0 radical (unpaired) electrons. The Labute approximate surface area is 156 Å². The number of hydrogen-bond acceptors (Lipinski definition) is 1. The molecule has 0 spiro atoms. The van der Waals surface area contributed by atoms with Crippen molar-refractivity contribution in [2.24, 2.45) is 0 Å². The van der Waals surface area contributed by atoms with E-state index in [1.807, 2.05) is 0 Å². The Hall–Kier alpha value is -2.54. The van der Waals surface area contributed by atoms with Crippen molar-refractivity contribution in [3.63, 3.8) is 0 Å². The zero-order chi connectivity index (χ0) is 18.1. The van der Waals surface area contributed by atoms with Crippen LogP contribution in [0, 0.1) is 0 Å². The fourth-order valence-electron chi connectivity index (χ4n) is 4.26. The van der Waals surface area contributed by atoms with E-state index in [0.29, 0.717) is 5.75 Å². The Morgan fingerprint density at radius 1 is 0.769 bits per heavy atom. The lowest BCUT2D eigenvalue weighted by atomic mass is 9.91. The van der Waals surface area contributed by atoms with Crippen molar-refractivity contribution in [2.75, 3.05) is 0 Å². The summed E-state index contributed by atoms with van der Waals surface area (Å²) in [5.74, 6) is 0.508. The van der Waals surface area contributed by atoms with Crippen LogP contribution in [0.3, 0.4) is 0 Å². The number of fused-ring (bicyclic) bond motifs is 3. The van der Waals surface area contributed by atoms with Gasteiger partial charge in [-0.2, -0.15) is 0 Å². The molecule has 1 aliphatic carbocycles. The minimum absolute atomic E-state index is 0.508. The summed E-state index contributed by atoms with van der Waals surface area (Å²) in [7, 11) is 0. The van der Waals surface area contributed by atoms with Gasteiger partial charge in [0, 0.05) is 0 Å². The molecule has 0 heterocycles. The molecular weight excluding hydrogens is 316 g/mol. The Morgan fingerprint density at radius 2 is 1.38 bits per heavy atom. The monoisotopic (exact) mass is 342 g/mol. The van der Waals surface area contributed by atoms with Crippen molar-refractivity contribution in [3.05, 3.63) is 76.9 Å². The smallest absolute Gasteiger partial charge is 0.121 e. The van der Waals surface area contributed by atoms with Gasteiger partial charge in [0.15, 0.2) is 0 Å². The van der Waals surface area contributed by atoms with Crippen molar-refractivity contribution >= 4 is 0 Å². The van der Waals surface area contributed by atoms with E-state index >= 15 is 0 Å². The molecule has 1 nitrogen and oxygen atoms in total. The molecule has 4 rings (SSSR count). The van der Waals surface area contributed by atoms with E-state index in [0.717, 1.165) is 43.2 Å². The molecule has 0 amide bonds.